The van der Waals surface area contributed by atoms with Crippen molar-refractivity contribution in [2.75, 3.05) is 13.2 Å². The number of amides is 1. The van der Waals surface area contributed by atoms with Crippen LogP contribution in [0.15, 0.2) is 72.9 Å². The molecule has 7 unspecified atom stereocenters. The zero-order valence-corrected chi connectivity index (χ0v) is 51.4. The number of aliphatic hydroxyl groups is 5. The standard InChI is InChI=1S/C70H127NO8/c1-3-5-7-9-11-13-15-17-19-21-23-24-25-26-27-28-29-30-31-32-33-34-35-36-37-38-39-40-42-44-46-48-50-52-54-56-58-60-66(74)71-63(62-78-70-69(77)68(76)67(75)65(61-72)79-70)64(73)59-57-55-53-51-49-47-45-43-41-22-20-18-16-14-12-10-8-6-4-2/h5,7,11,13,17,19,23-24,49,51,57,59,63-65,67-70,72-73,75-77H,3-4,6,8-10,12,14-16,18,20-22,25-48,50,52-56,58,60-62H2,1-2H3,(H,71,74)/b7-5-,13-11-,19-17-,24-23-,51-49+,59-57+. The van der Waals surface area contributed by atoms with E-state index in [2.05, 4.69) is 79.9 Å². The van der Waals surface area contributed by atoms with Crippen LogP contribution >= 0.6 is 0 Å². The van der Waals surface area contributed by atoms with E-state index in [1.54, 1.807) is 6.08 Å². The smallest absolute Gasteiger partial charge is 0.220 e. The average Bonchev–Trinajstić information content (AvgIpc) is 3.46. The summed E-state index contributed by atoms with van der Waals surface area (Å²) in [7, 11) is 0. The van der Waals surface area contributed by atoms with E-state index < -0.39 is 49.5 Å². The van der Waals surface area contributed by atoms with Crippen LogP contribution in [0.2, 0.25) is 0 Å². The van der Waals surface area contributed by atoms with Crippen molar-refractivity contribution in [3.8, 4) is 0 Å². The molecule has 1 fully saturated rings. The molecule has 0 radical (unpaired) electrons. The Morgan fingerprint density at radius 3 is 1.22 bits per heavy atom. The van der Waals surface area contributed by atoms with Gasteiger partial charge in [0.25, 0.3) is 0 Å². The molecule has 9 heteroatoms. The molecule has 7 atom stereocenters. The number of hydrogen-bond acceptors (Lipinski definition) is 8. The molecule has 0 saturated carbocycles. The summed E-state index contributed by atoms with van der Waals surface area (Å²) in [5.41, 5.74) is 0. The van der Waals surface area contributed by atoms with Crippen molar-refractivity contribution in [1.29, 1.82) is 0 Å². The Morgan fingerprint density at radius 2 is 0.797 bits per heavy atom. The molecule has 0 spiro atoms. The van der Waals surface area contributed by atoms with Crippen molar-refractivity contribution in [2.24, 2.45) is 0 Å². The number of nitrogens with one attached hydrogen (secondary N) is 1. The molecule has 1 amide bonds. The fraction of sp³-hybridized carbons (Fsp3) is 0.814. The topological polar surface area (TPSA) is 149 Å². The summed E-state index contributed by atoms with van der Waals surface area (Å²) >= 11 is 0. The minimum absolute atomic E-state index is 0.182. The zero-order valence-electron chi connectivity index (χ0n) is 51.4. The Hall–Kier alpha value is -2.37. The van der Waals surface area contributed by atoms with Gasteiger partial charge in [0.15, 0.2) is 6.29 Å². The molecular formula is C70H127NO8. The van der Waals surface area contributed by atoms with E-state index in [4.69, 9.17) is 9.47 Å². The minimum atomic E-state index is -1.57. The van der Waals surface area contributed by atoms with Crippen LogP contribution in [-0.4, -0.2) is 87.5 Å². The first-order chi connectivity index (χ1) is 38.8. The Labute approximate surface area is 487 Å². The van der Waals surface area contributed by atoms with Crippen molar-refractivity contribution >= 4 is 5.91 Å². The molecule has 0 bridgehead atoms. The Bertz CT molecular complexity index is 1470. The number of allylic oxidation sites excluding steroid dienone is 11. The highest BCUT2D eigenvalue weighted by molar-refractivity contribution is 5.76. The third-order valence-electron chi connectivity index (χ3n) is 15.8. The maximum Gasteiger partial charge on any atom is 0.220 e. The molecule has 0 aromatic rings. The summed E-state index contributed by atoms with van der Waals surface area (Å²) in [5.74, 6) is -0.182. The predicted molar refractivity (Wildman–Crippen MR) is 336 cm³/mol. The molecule has 9 nitrogen and oxygen atoms in total. The molecule has 0 aromatic carbocycles. The van der Waals surface area contributed by atoms with Gasteiger partial charge in [-0.1, -0.05) is 305 Å². The third kappa shape index (κ3) is 47.8. The maximum atomic E-state index is 13.1. The average molecular weight is 1110 g/mol. The SMILES string of the molecule is CC/C=C\C/C=C\C/C=C\C/C=C\CCCCCCCCCCCCCCCCCCCCCCCCCCC(=O)NC(COC1OC(CO)C(O)C(O)C1O)C(O)/C=C/CC/C=C/CCCCCCCCCCCCCCC. The number of ether oxygens (including phenoxy) is 2. The molecular weight excluding hydrogens is 983 g/mol. The van der Waals surface area contributed by atoms with E-state index in [9.17, 15) is 30.3 Å². The molecule has 79 heavy (non-hydrogen) atoms. The van der Waals surface area contributed by atoms with Gasteiger partial charge in [0.05, 0.1) is 25.4 Å². The predicted octanol–water partition coefficient (Wildman–Crippen LogP) is 18.0. The van der Waals surface area contributed by atoms with Crippen LogP contribution in [-0.2, 0) is 14.3 Å². The van der Waals surface area contributed by atoms with Gasteiger partial charge < -0.3 is 40.3 Å². The molecule has 6 N–H and O–H groups in total. The van der Waals surface area contributed by atoms with Crippen molar-refractivity contribution in [2.45, 2.75) is 352 Å². The Morgan fingerprint density at radius 1 is 0.443 bits per heavy atom. The van der Waals surface area contributed by atoms with Crippen molar-refractivity contribution in [3.05, 3.63) is 72.9 Å². The van der Waals surface area contributed by atoms with Gasteiger partial charge in [0.2, 0.25) is 5.91 Å². The molecule has 1 aliphatic rings. The van der Waals surface area contributed by atoms with Crippen LogP contribution in [0.4, 0.5) is 0 Å². The number of hydrogen-bond donors (Lipinski definition) is 6. The summed E-state index contributed by atoms with van der Waals surface area (Å²) in [6.07, 6.45) is 75.8. The first-order valence-electron chi connectivity index (χ1n) is 33.7. The van der Waals surface area contributed by atoms with E-state index in [-0.39, 0.29) is 12.5 Å². The highest BCUT2D eigenvalue weighted by atomic mass is 16.7. The van der Waals surface area contributed by atoms with Gasteiger partial charge in [-0.3, -0.25) is 4.79 Å². The monoisotopic (exact) mass is 1110 g/mol. The highest BCUT2D eigenvalue weighted by Crippen LogP contribution is 2.23. The normalized spacial score (nSPS) is 19.0. The minimum Gasteiger partial charge on any atom is -0.394 e. The number of rotatable bonds is 58. The second-order valence-electron chi connectivity index (χ2n) is 23.2. The number of unbranched alkanes of at least 4 members (excludes halogenated alkanes) is 38. The van der Waals surface area contributed by atoms with Crippen LogP contribution in [0.3, 0.4) is 0 Å². The molecule has 1 rings (SSSR count). The lowest BCUT2D eigenvalue weighted by atomic mass is 9.99. The van der Waals surface area contributed by atoms with Crippen molar-refractivity contribution in [1.82, 2.24) is 5.32 Å². The van der Waals surface area contributed by atoms with E-state index in [1.165, 1.54) is 225 Å². The van der Waals surface area contributed by atoms with Crippen LogP contribution in [0.5, 0.6) is 0 Å². The fourth-order valence-electron chi connectivity index (χ4n) is 10.5. The van der Waals surface area contributed by atoms with Gasteiger partial charge in [0, 0.05) is 6.42 Å². The summed E-state index contributed by atoms with van der Waals surface area (Å²) in [6.45, 7) is 3.68. The summed E-state index contributed by atoms with van der Waals surface area (Å²) in [6, 6.07) is -0.823. The molecule has 460 valence electrons. The molecule has 0 aliphatic carbocycles. The first kappa shape index (κ1) is 74.6. The Kier molecular flexibility index (Phi) is 55.6. The number of carbonyl (C=O) groups excluding carboxylic acids is 1. The zero-order chi connectivity index (χ0) is 57.2. The van der Waals surface area contributed by atoms with Crippen LogP contribution < -0.4 is 5.32 Å². The second-order valence-corrected chi connectivity index (χ2v) is 23.2. The lowest BCUT2D eigenvalue weighted by molar-refractivity contribution is -0.302. The molecule has 1 heterocycles. The summed E-state index contributed by atoms with van der Waals surface area (Å²) in [5, 5.41) is 54.6. The molecule has 0 aromatic heterocycles. The molecule has 1 saturated heterocycles. The van der Waals surface area contributed by atoms with Crippen LogP contribution in [0.1, 0.15) is 309 Å². The van der Waals surface area contributed by atoms with E-state index in [0.29, 0.717) is 6.42 Å². The lowest BCUT2D eigenvalue weighted by Gasteiger charge is -2.40. The van der Waals surface area contributed by atoms with E-state index in [1.807, 2.05) is 6.08 Å². The van der Waals surface area contributed by atoms with Gasteiger partial charge >= 0.3 is 0 Å². The Balaban J connectivity index is 2.09. The van der Waals surface area contributed by atoms with E-state index >= 15 is 0 Å². The van der Waals surface area contributed by atoms with Gasteiger partial charge in [-0.15, -0.1) is 0 Å². The summed E-state index contributed by atoms with van der Waals surface area (Å²) in [4.78, 5) is 13.1. The maximum absolute atomic E-state index is 13.1. The van der Waals surface area contributed by atoms with Crippen molar-refractivity contribution in [3.63, 3.8) is 0 Å². The number of aliphatic hydroxyl groups excluding tert-OH is 5. The lowest BCUT2D eigenvalue weighted by Crippen LogP contribution is -2.60. The third-order valence-corrected chi connectivity index (χ3v) is 15.8. The van der Waals surface area contributed by atoms with Gasteiger partial charge in [-0.05, 0) is 70.6 Å². The second kappa shape index (κ2) is 58.8. The summed E-state index contributed by atoms with van der Waals surface area (Å²) < 4.78 is 11.3. The van der Waals surface area contributed by atoms with Gasteiger partial charge in [-0.2, -0.15) is 0 Å². The molecule has 1 aliphatic heterocycles. The van der Waals surface area contributed by atoms with E-state index in [0.717, 1.165) is 64.2 Å². The quantitative estimate of drug-likeness (QED) is 0.0261. The van der Waals surface area contributed by atoms with Crippen LogP contribution in [0.25, 0.3) is 0 Å². The van der Waals surface area contributed by atoms with Crippen molar-refractivity contribution < 1.29 is 39.8 Å². The largest absolute Gasteiger partial charge is 0.394 e. The highest BCUT2D eigenvalue weighted by Gasteiger charge is 2.44. The number of carbonyl (C=O) groups is 1. The first-order valence-corrected chi connectivity index (χ1v) is 33.7. The van der Waals surface area contributed by atoms with Gasteiger partial charge in [0.1, 0.15) is 24.4 Å². The van der Waals surface area contributed by atoms with Crippen LogP contribution in [0, 0.1) is 0 Å². The van der Waals surface area contributed by atoms with Gasteiger partial charge in [-0.25, -0.2) is 0 Å². The fourth-order valence-corrected chi connectivity index (χ4v) is 10.5.